The minimum atomic E-state index is 1.22. The Balaban J connectivity index is 2.54. The van der Waals surface area contributed by atoms with E-state index < -0.39 is 0 Å². The lowest BCUT2D eigenvalue weighted by Gasteiger charge is -1.87. The van der Waals surface area contributed by atoms with Gasteiger partial charge in [0.2, 0.25) is 0 Å². The summed E-state index contributed by atoms with van der Waals surface area (Å²) >= 11 is 0. The van der Waals surface area contributed by atoms with Crippen molar-refractivity contribution in [1.82, 2.24) is 0 Å². The molecule has 0 aliphatic carbocycles. The van der Waals surface area contributed by atoms with Gasteiger partial charge in [0.25, 0.3) is 0 Å². The van der Waals surface area contributed by atoms with Crippen LogP contribution in [-0.2, 0) is 13.0 Å². The standard InChI is InChI=1S/C8H10N/c1-2-6-9-7-3-5-8(9)4-1/h1-2,4,6H,3,5,7H2/q+1. The number of hydrogen-bond acceptors (Lipinski definition) is 0. The average Bonchev–Trinajstić information content (AvgIpc) is 2.33. The Morgan fingerprint density at radius 3 is 3.22 bits per heavy atom. The van der Waals surface area contributed by atoms with Gasteiger partial charge in [-0.3, -0.25) is 0 Å². The van der Waals surface area contributed by atoms with Gasteiger partial charge in [-0.2, -0.15) is 0 Å². The number of aryl methyl sites for hydroxylation is 2. The molecule has 1 nitrogen and oxygen atoms in total. The van der Waals surface area contributed by atoms with E-state index in [9.17, 15) is 0 Å². The molecule has 1 heteroatoms. The van der Waals surface area contributed by atoms with Crippen LogP contribution in [0.5, 0.6) is 0 Å². The minimum Gasteiger partial charge on any atom is -0.202 e. The fourth-order valence-corrected chi connectivity index (χ4v) is 1.39. The second-order valence-corrected chi connectivity index (χ2v) is 2.49. The predicted octanol–water partition coefficient (Wildman–Crippen LogP) is 0.920. The van der Waals surface area contributed by atoms with Gasteiger partial charge in [0.05, 0.1) is 0 Å². The molecule has 0 bridgehead atoms. The van der Waals surface area contributed by atoms with Gasteiger partial charge in [0, 0.05) is 25.0 Å². The van der Waals surface area contributed by atoms with E-state index >= 15 is 0 Å². The number of hydrogen-bond donors (Lipinski definition) is 0. The topological polar surface area (TPSA) is 3.88 Å². The molecule has 2 rings (SSSR count). The highest BCUT2D eigenvalue weighted by Crippen LogP contribution is 2.03. The van der Waals surface area contributed by atoms with Crippen molar-refractivity contribution in [3.05, 3.63) is 30.1 Å². The van der Waals surface area contributed by atoms with Crippen LogP contribution in [0.2, 0.25) is 0 Å². The summed E-state index contributed by atoms with van der Waals surface area (Å²) in [5, 5.41) is 0. The van der Waals surface area contributed by atoms with Gasteiger partial charge in [-0.1, -0.05) is 6.07 Å². The Bertz CT molecular complexity index is 195. The molecule has 0 amide bonds. The molecule has 0 aromatic carbocycles. The zero-order valence-corrected chi connectivity index (χ0v) is 5.38. The molecule has 0 radical (unpaired) electrons. The molecule has 1 aliphatic rings. The van der Waals surface area contributed by atoms with Crippen LogP contribution < -0.4 is 4.57 Å². The quantitative estimate of drug-likeness (QED) is 0.448. The van der Waals surface area contributed by atoms with Gasteiger partial charge in [0.1, 0.15) is 6.54 Å². The number of rotatable bonds is 0. The van der Waals surface area contributed by atoms with Crippen LogP contribution in [0.3, 0.4) is 0 Å². The normalized spacial score (nSPS) is 15.6. The summed E-state index contributed by atoms with van der Waals surface area (Å²) in [7, 11) is 0. The minimum absolute atomic E-state index is 1.22. The Labute approximate surface area is 55.0 Å². The lowest BCUT2D eigenvalue weighted by atomic mass is 10.3. The number of pyridine rings is 1. The van der Waals surface area contributed by atoms with Crippen molar-refractivity contribution < 1.29 is 4.57 Å². The highest BCUT2D eigenvalue weighted by Gasteiger charge is 2.15. The van der Waals surface area contributed by atoms with Gasteiger partial charge in [-0.25, -0.2) is 4.57 Å². The largest absolute Gasteiger partial charge is 0.202 e. The van der Waals surface area contributed by atoms with Crippen molar-refractivity contribution in [1.29, 1.82) is 0 Å². The molecule has 0 saturated carbocycles. The van der Waals surface area contributed by atoms with Crippen LogP contribution in [0.1, 0.15) is 12.1 Å². The zero-order valence-electron chi connectivity index (χ0n) is 5.38. The highest BCUT2D eigenvalue weighted by molar-refractivity contribution is 4.98. The third-order valence-corrected chi connectivity index (χ3v) is 1.87. The molecule has 0 fully saturated rings. The fourth-order valence-electron chi connectivity index (χ4n) is 1.39. The maximum Gasteiger partial charge on any atom is 0.181 e. The third-order valence-electron chi connectivity index (χ3n) is 1.87. The van der Waals surface area contributed by atoms with Gasteiger partial charge in [-0.05, 0) is 0 Å². The summed E-state index contributed by atoms with van der Waals surface area (Å²) < 4.78 is 2.32. The van der Waals surface area contributed by atoms with Crippen LogP contribution in [0.4, 0.5) is 0 Å². The van der Waals surface area contributed by atoms with Crippen LogP contribution >= 0.6 is 0 Å². The molecule has 9 heavy (non-hydrogen) atoms. The Hall–Kier alpha value is -0.850. The van der Waals surface area contributed by atoms with Crippen LogP contribution in [-0.4, -0.2) is 0 Å². The molecule has 1 aromatic heterocycles. The van der Waals surface area contributed by atoms with Crippen molar-refractivity contribution in [2.45, 2.75) is 19.4 Å². The monoisotopic (exact) mass is 120 g/mol. The molecule has 1 aliphatic heterocycles. The lowest BCUT2D eigenvalue weighted by molar-refractivity contribution is -0.690. The molecule has 0 spiro atoms. The molecule has 0 saturated heterocycles. The first-order valence-corrected chi connectivity index (χ1v) is 3.44. The summed E-state index contributed by atoms with van der Waals surface area (Å²) in [6.07, 6.45) is 4.74. The molecular formula is C8H10N+. The van der Waals surface area contributed by atoms with Crippen LogP contribution in [0.15, 0.2) is 24.4 Å². The highest BCUT2D eigenvalue weighted by atomic mass is 15.0. The molecule has 0 unspecified atom stereocenters. The van der Waals surface area contributed by atoms with Crippen molar-refractivity contribution in [3.63, 3.8) is 0 Å². The molecule has 1 aromatic rings. The first-order chi connectivity index (χ1) is 4.47. The van der Waals surface area contributed by atoms with Crippen LogP contribution in [0.25, 0.3) is 0 Å². The SMILES string of the molecule is c1cc[n+]2c(c1)CCC2. The number of aromatic nitrogens is 1. The van der Waals surface area contributed by atoms with E-state index in [0.29, 0.717) is 0 Å². The predicted molar refractivity (Wildman–Crippen MR) is 35.0 cm³/mol. The molecular weight excluding hydrogens is 110 g/mol. The van der Waals surface area contributed by atoms with E-state index in [2.05, 4.69) is 29.0 Å². The van der Waals surface area contributed by atoms with E-state index in [1.165, 1.54) is 25.1 Å². The number of fused-ring (bicyclic) bond motifs is 1. The van der Waals surface area contributed by atoms with E-state index in [1.54, 1.807) is 0 Å². The number of nitrogens with zero attached hydrogens (tertiary/aromatic N) is 1. The summed E-state index contributed by atoms with van der Waals surface area (Å²) in [5.41, 5.74) is 1.48. The van der Waals surface area contributed by atoms with Crippen molar-refractivity contribution in [2.24, 2.45) is 0 Å². The van der Waals surface area contributed by atoms with Gasteiger partial charge >= 0.3 is 0 Å². The van der Waals surface area contributed by atoms with Gasteiger partial charge in [-0.15, -0.1) is 0 Å². The second-order valence-electron chi connectivity index (χ2n) is 2.49. The second kappa shape index (κ2) is 1.83. The van der Waals surface area contributed by atoms with E-state index in [4.69, 9.17) is 0 Å². The summed E-state index contributed by atoms with van der Waals surface area (Å²) in [4.78, 5) is 0. The van der Waals surface area contributed by atoms with Crippen molar-refractivity contribution >= 4 is 0 Å². The summed E-state index contributed by atoms with van der Waals surface area (Å²) in [6.45, 7) is 1.22. The van der Waals surface area contributed by atoms with Crippen molar-refractivity contribution in [3.8, 4) is 0 Å². The Morgan fingerprint density at radius 1 is 1.33 bits per heavy atom. The van der Waals surface area contributed by atoms with Gasteiger partial charge < -0.3 is 0 Å². The average molecular weight is 120 g/mol. The first-order valence-electron chi connectivity index (χ1n) is 3.44. The van der Waals surface area contributed by atoms with E-state index in [1.807, 2.05) is 0 Å². The van der Waals surface area contributed by atoms with E-state index in [-0.39, 0.29) is 0 Å². The lowest BCUT2D eigenvalue weighted by Crippen LogP contribution is -2.31. The van der Waals surface area contributed by atoms with Crippen LogP contribution in [0, 0.1) is 0 Å². The smallest absolute Gasteiger partial charge is 0.181 e. The fraction of sp³-hybridized carbons (Fsp3) is 0.375. The molecule has 0 atom stereocenters. The Morgan fingerprint density at radius 2 is 2.33 bits per heavy atom. The molecule has 2 heterocycles. The van der Waals surface area contributed by atoms with E-state index in [0.717, 1.165) is 0 Å². The summed E-state index contributed by atoms with van der Waals surface area (Å²) in [6, 6.07) is 6.40. The molecule has 46 valence electrons. The maximum absolute atomic E-state index is 2.32. The first kappa shape index (κ1) is 4.98. The summed E-state index contributed by atoms with van der Waals surface area (Å²) in [5.74, 6) is 0. The third kappa shape index (κ3) is 0.727. The van der Waals surface area contributed by atoms with Crippen molar-refractivity contribution in [2.75, 3.05) is 0 Å². The maximum atomic E-state index is 2.32. The zero-order chi connectivity index (χ0) is 6.10. The van der Waals surface area contributed by atoms with Gasteiger partial charge in [0.15, 0.2) is 11.9 Å². The Kier molecular flexibility index (Phi) is 1.01. The molecule has 0 N–H and O–H groups in total.